The van der Waals surface area contributed by atoms with Gasteiger partial charge < -0.3 is 25.6 Å². The van der Waals surface area contributed by atoms with Crippen LogP contribution in [0.5, 0.6) is 0 Å². The van der Waals surface area contributed by atoms with Crippen molar-refractivity contribution in [2.24, 2.45) is 0 Å². The Morgan fingerprint density at radius 1 is 0.804 bits per heavy atom. The fraction of sp³-hybridized carbons (Fsp3) is 0.639. The summed E-state index contributed by atoms with van der Waals surface area (Å²) in [5.74, 6) is 0.249. The smallest absolute Gasteiger partial charge is 0.329 e. The second kappa shape index (κ2) is 30.1. The second-order valence-electron chi connectivity index (χ2n) is 11.2. The Kier molecular flexibility index (Phi) is 27.3. The number of aliphatic hydroxyl groups excluding tert-OH is 2. The number of unbranched alkanes of at least 4 members (excludes halogenated alkanes) is 2. The highest BCUT2D eigenvalue weighted by Gasteiger charge is 2.24. The average molecular weight is 679 g/mol. The highest BCUT2D eigenvalue weighted by atomic mass is 33.1. The van der Waals surface area contributed by atoms with Crippen LogP contribution in [0.4, 0.5) is 0 Å². The third-order valence-electron chi connectivity index (χ3n) is 7.14. The molecular formula is C36H58N2O6S2. The van der Waals surface area contributed by atoms with E-state index in [1.54, 1.807) is 0 Å². The molecule has 0 radical (unpaired) electrons. The van der Waals surface area contributed by atoms with Crippen molar-refractivity contribution < 1.29 is 29.3 Å². The number of ether oxygens (including phenoxy) is 1. The van der Waals surface area contributed by atoms with E-state index in [-0.39, 0.29) is 24.7 Å². The molecule has 0 aliphatic carbocycles. The summed E-state index contributed by atoms with van der Waals surface area (Å²) in [6.07, 6.45) is 32.4. The van der Waals surface area contributed by atoms with E-state index in [1.165, 1.54) is 12.2 Å². The van der Waals surface area contributed by atoms with Crippen molar-refractivity contribution >= 4 is 39.4 Å². The minimum Gasteiger partial charge on any atom is -0.456 e. The van der Waals surface area contributed by atoms with Crippen molar-refractivity contribution in [3.8, 4) is 0 Å². The maximum absolute atomic E-state index is 12.7. The molecule has 260 valence electrons. The molecule has 1 heterocycles. The molecule has 10 heteroatoms. The normalized spacial score (nSPS) is 16.1. The molecule has 46 heavy (non-hydrogen) atoms. The monoisotopic (exact) mass is 678 g/mol. The first-order chi connectivity index (χ1) is 22.5. The molecule has 1 saturated heterocycles. The molecule has 1 fully saturated rings. The van der Waals surface area contributed by atoms with Gasteiger partial charge in [-0.1, -0.05) is 95.7 Å². The quantitative estimate of drug-likeness (QED) is 0.0320. The maximum Gasteiger partial charge on any atom is 0.329 e. The van der Waals surface area contributed by atoms with Gasteiger partial charge in [-0.15, -0.1) is 0 Å². The summed E-state index contributed by atoms with van der Waals surface area (Å²) in [7, 11) is 3.89. The number of aliphatic hydroxyl groups is 2. The average Bonchev–Trinajstić information content (AvgIpc) is 3.58. The minimum absolute atomic E-state index is 0.00715. The standard InChI is InChI=1S/C36H58N2O6S2/c1-2-3-4-5-6-7-8-9-10-11-12-13-14-15-16-17-18-25-35(42)38-33(36(43)44-31(29-39)30-40)23-21-27-37-34(41)24-20-19-22-32-26-28-45-46-32/h3-4,6-7,9-10,12-13,15-16,31-33,39-40H,2,5,8,11,14,17-30H2,1H3,(H,37,41)(H,38,42)/t32-,33+/m1/s1. The third-order valence-corrected chi connectivity index (χ3v) is 10.1. The number of carbonyl (C=O) groups is 3. The minimum atomic E-state index is -1.04. The van der Waals surface area contributed by atoms with E-state index in [9.17, 15) is 24.6 Å². The van der Waals surface area contributed by atoms with Gasteiger partial charge in [-0.2, -0.15) is 0 Å². The van der Waals surface area contributed by atoms with Crippen LogP contribution in [0.3, 0.4) is 0 Å². The van der Waals surface area contributed by atoms with Gasteiger partial charge in [0.05, 0.1) is 13.2 Å². The van der Waals surface area contributed by atoms with E-state index >= 15 is 0 Å². The second-order valence-corrected chi connectivity index (χ2v) is 14.0. The SMILES string of the molecule is CCC=CCC=CCC=CCC=CCC=CCCCC(=O)N[C@@H](CCCNC(=O)CCCC[C@@H]1CCSS1)C(=O)OC(CO)CO. The maximum atomic E-state index is 12.7. The largest absolute Gasteiger partial charge is 0.456 e. The van der Waals surface area contributed by atoms with Crippen LogP contribution in [0.2, 0.25) is 0 Å². The van der Waals surface area contributed by atoms with Crippen molar-refractivity contribution in [2.45, 2.75) is 121 Å². The van der Waals surface area contributed by atoms with Crippen molar-refractivity contribution in [3.63, 3.8) is 0 Å². The van der Waals surface area contributed by atoms with Gasteiger partial charge >= 0.3 is 5.97 Å². The number of esters is 1. The molecule has 1 aliphatic heterocycles. The third kappa shape index (κ3) is 24.0. The fourth-order valence-corrected chi connectivity index (χ4v) is 7.52. The van der Waals surface area contributed by atoms with Crippen LogP contribution in [0.25, 0.3) is 0 Å². The first-order valence-corrected chi connectivity index (χ1v) is 19.4. The van der Waals surface area contributed by atoms with E-state index < -0.39 is 31.3 Å². The zero-order valence-corrected chi connectivity index (χ0v) is 29.4. The number of hydrogen-bond acceptors (Lipinski definition) is 8. The summed E-state index contributed by atoms with van der Waals surface area (Å²) >= 11 is 0. The van der Waals surface area contributed by atoms with Crippen LogP contribution in [0, 0.1) is 0 Å². The summed E-state index contributed by atoms with van der Waals surface area (Å²) in [6.45, 7) is 1.51. The molecule has 2 amide bonds. The Hall–Kier alpha value is -2.27. The highest BCUT2D eigenvalue weighted by molar-refractivity contribution is 8.77. The van der Waals surface area contributed by atoms with Crippen LogP contribution >= 0.6 is 21.6 Å². The lowest BCUT2D eigenvalue weighted by Gasteiger charge is -2.20. The van der Waals surface area contributed by atoms with E-state index in [4.69, 9.17) is 4.74 Å². The highest BCUT2D eigenvalue weighted by Crippen LogP contribution is 2.39. The van der Waals surface area contributed by atoms with Crippen molar-refractivity contribution in [1.29, 1.82) is 0 Å². The summed E-state index contributed by atoms with van der Waals surface area (Å²) in [6, 6.07) is -0.916. The Morgan fingerprint density at radius 2 is 1.41 bits per heavy atom. The van der Waals surface area contributed by atoms with Crippen LogP contribution in [-0.4, -0.2) is 70.9 Å². The van der Waals surface area contributed by atoms with Gasteiger partial charge in [0.25, 0.3) is 0 Å². The van der Waals surface area contributed by atoms with E-state index in [0.717, 1.165) is 57.8 Å². The Labute approximate surface area is 285 Å². The molecule has 0 bridgehead atoms. The van der Waals surface area contributed by atoms with Crippen LogP contribution in [-0.2, 0) is 19.1 Å². The molecule has 0 unspecified atom stereocenters. The molecule has 0 aromatic rings. The predicted molar refractivity (Wildman–Crippen MR) is 193 cm³/mol. The Morgan fingerprint density at radius 3 is 2.00 bits per heavy atom. The lowest BCUT2D eigenvalue weighted by atomic mass is 10.1. The van der Waals surface area contributed by atoms with E-state index in [1.807, 2.05) is 21.6 Å². The zero-order valence-electron chi connectivity index (χ0n) is 27.8. The molecule has 4 N–H and O–H groups in total. The molecule has 2 atom stereocenters. The van der Waals surface area contributed by atoms with Gasteiger partial charge in [-0.3, -0.25) is 9.59 Å². The Balaban J connectivity index is 2.28. The number of rotatable bonds is 27. The molecule has 8 nitrogen and oxygen atoms in total. The van der Waals surface area contributed by atoms with Crippen LogP contribution < -0.4 is 10.6 Å². The molecular weight excluding hydrogens is 621 g/mol. The lowest BCUT2D eigenvalue weighted by molar-refractivity contribution is -0.157. The molecule has 1 rings (SSSR count). The lowest BCUT2D eigenvalue weighted by Crippen LogP contribution is -2.44. The van der Waals surface area contributed by atoms with Gasteiger partial charge in [0.15, 0.2) is 0 Å². The summed E-state index contributed by atoms with van der Waals surface area (Å²) in [5.41, 5.74) is 0. The van der Waals surface area contributed by atoms with Gasteiger partial charge in [0.2, 0.25) is 11.8 Å². The summed E-state index contributed by atoms with van der Waals surface area (Å²) < 4.78 is 5.17. The number of hydrogen-bond donors (Lipinski definition) is 4. The summed E-state index contributed by atoms with van der Waals surface area (Å²) in [4.78, 5) is 37.5. The first-order valence-electron chi connectivity index (χ1n) is 17.0. The van der Waals surface area contributed by atoms with Gasteiger partial charge in [0, 0.05) is 30.4 Å². The number of carbonyl (C=O) groups excluding carboxylic acids is 3. The number of amides is 2. The number of allylic oxidation sites excluding steroid dienone is 10. The van der Waals surface area contributed by atoms with E-state index in [0.29, 0.717) is 31.1 Å². The van der Waals surface area contributed by atoms with Crippen molar-refractivity contribution in [3.05, 3.63) is 60.8 Å². The van der Waals surface area contributed by atoms with Crippen LogP contribution in [0.1, 0.15) is 103 Å². The van der Waals surface area contributed by atoms with Gasteiger partial charge in [0.1, 0.15) is 12.1 Å². The number of nitrogens with one attached hydrogen (secondary N) is 2. The van der Waals surface area contributed by atoms with Crippen LogP contribution in [0.15, 0.2) is 60.8 Å². The van der Waals surface area contributed by atoms with Crippen molar-refractivity contribution in [1.82, 2.24) is 10.6 Å². The molecule has 0 spiro atoms. The fourth-order valence-electron chi connectivity index (χ4n) is 4.49. The van der Waals surface area contributed by atoms with Gasteiger partial charge in [-0.25, -0.2) is 4.79 Å². The van der Waals surface area contributed by atoms with Crippen molar-refractivity contribution in [2.75, 3.05) is 25.5 Å². The topological polar surface area (TPSA) is 125 Å². The molecule has 1 aliphatic rings. The molecule has 0 saturated carbocycles. The van der Waals surface area contributed by atoms with Gasteiger partial charge in [-0.05, 0) is 77.0 Å². The summed E-state index contributed by atoms with van der Waals surface area (Å²) in [5, 5.41) is 24.9. The molecule has 0 aromatic heterocycles. The molecule has 0 aromatic carbocycles. The zero-order chi connectivity index (χ0) is 33.5. The van der Waals surface area contributed by atoms with E-state index in [2.05, 4.69) is 78.3 Å². The Bertz CT molecular complexity index is 956. The predicted octanol–water partition coefficient (Wildman–Crippen LogP) is 6.90. The first kappa shape index (κ1) is 41.8.